The van der Waals surface area contributed by atoms with Gasteiger partial charge in [0.2, 0.25) is 0 Å². The fraction of sp³-hybridized carbons (Fsp3) is 0.750. The van der Waals surface area contributed by atoms with E-state index in [2.05, 4.69) is 15.3 Å². The maximum atomic E-state index is 13.0. The third-order valence-corrected chi connectivity index (χ3v) is 4.80. The summed E-state index contributed by atoms with van der Waals surface area (Å²) >= 11 is 0. The molecule has 2 fully saturated rings. The first kappa shape index (κ1) is 14.6. The molecule has 1 aliphatic heterocycles. The summed E-state index contributed by atoms with van der Waals surface area (Å²) < 4.78 is 1.81. The molecule has 1 unspecified atom stereocenters. The van der Waals surface area contributed by atoms with Crippen LogP contribution in [-0.4, -0.2) is 45.8 Å². The monoisotopic (exact) mass is 290 g/mol. The van der Waals surface area contributed by atoms with E-state index in [1.807, 2.05) is 25.6 Å². The molecule has 1 atom stereocenters. The summed E-state index contributed by atoms with van der Waals surface area (Å²) in [4.78, 5) is 15.1. The van der Waals surface area contributed by atoms with E-state index in [4.69, 9.17) is 0 Å². The molecule has 1 saturated heterocycles. The smallest absolute Gasteiger partial charge is 0.257 e. The van der Waals surface area contributed by atoms with Crippen LogP contribution in [0, 0.1) is 13.8 Å². The van der Waals surface area contributed by atoms with E-state index in [1.165, 1.54) is 19.3 Å². The van der Waals surface area contributed by atoms with Gasteiger partial charge in [-0.3, -0.25) is 9.48 Å². The van der Waals surface area contributed by atoms with Crippen molar-refractivity contribution >= 4 is 5.91 Å². The van der Waals surface area contributed by atoms with Crippen LogP contribution in [0.2, 0.25) is 0 Å². The van der Waals surface area contributed by atoms with Gasteiger partial charge in [-0.15, -0.1) is 0 Å². The molecule has 21 heavy (non-hydrogen) atoms. The highest BCUT2D eigenvalue weighted by Gasteiger charge is 2.36. The fourth-order valence-corrected chi connectivity index (χ4v) is 3.33. The van der Waals surface area contributed by atoms with Crippen molar-refractivity contribution in [1.29, 1.82) is 0 Å². The number of rotatable bonds is 4. The molecule has 1 amide bonds. The Morgan fingerprint density at radius 3 is 2.62 bits per heavy atom. The number of aromatic nitrogens is 2. The molecule has 0 aromatic carbocycles. The van der Waals surface area contributed by atoms with Gasteiger partial charge >= 0.3 is 0 Å². The summed E-state index contributed by atoms with van der Waals surface area (Å²) in [5.74, 6) is 0.174. The van der Waals surface area contributed by atoms with Crippen molar-refractivity contribution in [2.24, 2.45) is 7.05 Å². The predicted octanol–water partition coefficient (Wildman–Crippen LogP) is 1.78. The van der Waals surface area contributed by atoms with Gasteiger partial charge in [0.05, 0.1) is 11.3 Å². The zero-order valence-electron chi connectivity index (χ0n) is 13.4. The Balaban J connectivity index is 1.78. The number of hydrogen-bond acceptors (Lipinski definition) is 3. The molecular formula is C16H26N4O. The predicted molar refractivity (Wildman–Crippen MR) is 82.4 cm³/mol. The molecule has 3 rings (SSSR count). The van der Waals surface area contributed by atoms with Gasteiger partial charge in [-0.2, -0.15) is 5.10 Å². The minimum atomic E-state index is 0.174. The maximum Gasteiger partial charge on any atom is 0.257 e. The maximum absolute atomic E-state index is 13.0. The van der Waals surface area contributed by atoms with Crippen LogP contribution < -0.4 is 5.32 Å². The molecule has 1 aliphatic carbocycles. The van der Waals surface area contributed by atoms with Gasteiger partial charge in [0, 0.05) is 31.4 Å². The number of nitrogens with zero attached hydrogens (tertiary/aromatic N) is 3. The van der Waals surface area contributed by atoms with Crippen molar-refractivity contribution in [3.63, 3.8) is 0 Å². The van der Waals surface area contributed by atoms with Crippen LogP contribution in [0.1, 0.15) is 53.8 Å². The van der Waals surface area contributed by atoms with Crippen LogP contribution in [0.5, 0.6) is 0 Å². The van der Waals surface area contributed by atoms with Crippen molar-refractivity contribution in [3.05, 3.63) is 17.0 Å². The highest BCUT2D eigenvalue weighted by atomic mass is 16.2. The molecule has 0 bridgehead atoms. The van der Waals surface area contributed by atoms with Gasteiger partial charge in [-0.05, 0) is 46.1 Å². The quantitative estimate of drug-likeness (QED) is 0.919. The van der Waals surface area contributed by atoms with Gasteiger partial charge in [0.1, 0.15) is 0 Å². The Labute approximate surface area is 126 Å². The van der Waals surface area contributed by atoms with Gasteiger partial charge in [0.25, 0.3) is 5.91 Å². The van der Waals surface area contributed by atoms with E-state index in [9.17, 15) is 4.79 Å². The SMILES string of the molecule is Cc1nn(C)c(C)c1C(=O)N(CC1CCCCN1)C1CC1. The molecule has 1 aromatic heterocycles. The number of piperidine rings is 1. The van der Waals surface area contributed by atoms with Gasteiger partial charge in [-0.25, -0.2) is 0 Å². The second-order valence-electron chi connectivity index (χ2n) is 6.50. The van der Waals surface area contributed by atoms with Crippen molar-refractivity contribution in [2.45, 2.75) is 58.0 Å². The summed E-state index contributed by atoms with van der Waals surface area (Å²) in [7, 11) is 1.91. The summed E-state index contributed by atoms with van der Waals surface area (Å²) in [6, 6.07) is 0.904. The van der Waals surface area contributed by atoms with Crippen molar-refractivity contribution in [3.8, 4) is 0 Å². The minimum Gasteiger partial charge on any atom is -0.334 e. The van der Waals surface area contributed by atoms with Crippen LogP contribution >= 0.6 is 0 Å². The molecule has 0 spiro atoms. The molecule has 1 saturated carbocycles. The molecule has 5 nitrogen and oxygen atoms in total. The number of carbonyl (C=O) groups is 1. The Morgan fingerprint density at radius 1 is 1.33 bits per heavy atom. The topological polar surface area (TPSA) is 50.2 Å². The van der Waals surface area contributed by atoms with E-state index < -0.39 is 0 Å². The Bertz CT molecular complexity index is 527. The van der Waals surface area contributed by atoms with E-state index >= 15 is 0 Å². The average Bonchev–Trinajstić information content (AvgIpc) is 3.26. The number of aryl methyl sites for hydroxylation is 2. The van der Waals surface area contributed by atoms with E-state index in [-0.39, 0.29) is 5.91 Å². The molecule has 116 valence electrons. The first-order valence-electron chi connectivity index (χ1n) is 8.12. The Kier molecular flexibility index (Phi) is 4.02. The second kappa shape index (κ2) is 5.79. The van der Waals surface area contributed by atoms with Crippen LogP contribution in [0.15, 0.2) is 0 Å². The minimum absolute atomic E-state index is 0.174. The highest BCUT2D eigenvalue weighted by Crippen LogP contribution is 2.30. The van der Waals surface area contributed by atoms with Crippen molar-refractivity contribution in [2.75, 3.05) is 13.1 Å². The van der Waals surface area contributed by atoms with Gasteiger partial charge in [-0.1, -0.05) is 6.42 Å². The first-order chi connectivity index (χ1) is 10.1. The average molecular weight is 290 g/mol. The normalized spacial score (nSPS) is 22.3. The molecule has 1 N–H and O–H groups in total. The summed E-state index contributed by atoms with van der Waals surface area (Å²) in [6.07, 6.45) is 6.01. The molecule has 5 heteroatoms. The molecule has 2 heterocycles. The lowest BCUT2D eigenvalue weighted by molar-refractivity contribution is 0.0716. The van der Waals surface area contributed by atoms with E-state index in [0.29, 0.717) is 12.1 Å². The fourth-order valence-electron chi connectivity index (χ4n) is 3.33. The van der Waals surface area contributed by atoms with Gasteiger partial charge in [0.15, 0.2) is 0 Å². The molecular weight excluding hydrogens is 264 g/mol. The largest absolute Gasteiger partial charge is 0.334 e. The molecule has 0 radical (unpaired) electrons. The van der Waals surface area contributed by atoms with Crippen molar-refractivity contribution in [1.82, 2.24) is 20.0 Å². The van der Waals surface area contributed by atoms with Crippen LogP contribution in [0.4, 0.5) is 0 Å². The second-order valence-corrected chi connectivity index (χ2v) is 6.50. The summed E-state index contributed by atoms with van der Waals surface area (Å²) in [5, 5.41) is 7.95. The lowest BCUT2D eigenvalue weighted by Crippen LogP contribution is -2.46. The van der Waals surface area contributed by atoms with Crippen LogP contribution in [0.25, 0.3) is 0 Å². The Morgan fingerprint density at radius 2 is 2.10 bits per heavy atom. The first-order valence-corrected chi connectivity index (χ1v) is 8.12. The van der Waals surface area contributed by atoms with Crippen LogP contribution in [0.3, 0.4) is 0 Å². The lowest BCUT2D eigenvalue weighted by Gasteiger charge is -2.31. The van der Waals surface area contributed by atoms with E-state index in [0.717, 1.165) is 42.9 Å². The van der Waals surface area contributed by atoms with Crippen LogP contribution in [-0.2, 0) is 7.05 Å². The van der Waals surface area contributed by atoms with E-state index in [1.54, 1.807) is 0 Å². The third-order valence-electron chi connectivity index (χ3n) is 4.80. The lowest BCUT2D eigenvalue weighted by atomic mass is 10.0. The van der Waals surface area contributed by atoms with Crippen molar-refractivity contribution < 1.29 is 4.79 Å². The Hall–Kier alpha value is -1.36. The number of amides is 1. The molecule has 2 aliphatic rings. The standard InChI is InChI=1S/C16H26N4O/c1-11-15(12(2)19(3)18-11)16(21)20(14-7-8-14)10-13-6-4-5-9-17-13/h13-14,17H,4-10H2,1-3H3. The zero-order valence-corrected chi connectivity index (χ0v) is 13.4. The zero-order chi connectivity index (χ0) is 15.0. The van der Waals surface area contributed by atoms with Gasteiger partial charge < -0.3 is 10.2 Å². The summed E-state index contributed by atoms with van der Waals surface area (Å²) in [6.45, 7) is 5.85. The number of carbonyl (C=O) groups excluding carboxylic acids is 1. The summed E-state index contributed by atoms with van der Waals surface area (Å²) in [5.41, 5.74) is 2.63. The highest BCUT2D eigenvalue weighted by molar-refractivity contribution is 5.96. The number of nitrogens with one attached hydrogen (secondary N) is 1. The number of hydrogen-bond donors (Lipinski definition) is 1. The molecule has 1 aromatic rings. The third kappa shape index (κ3) is 2.98.